The first kappa shape index (κ1) is 7.36. The molecule has 0 aromatic carbocycles. The molecule has 10 heavy (non-hydrogen) atoms. The van der Waals surface area contributed by atoms with Crippen LogP contribution in [0, 0.1) is 0 Å². The van der Waals surface area contributed by atoms with Crippen LogP contribution in [0.5, 0.6) is 0 Å². The largest absolute Gasteiger partial charge is 0.272 e. The molecule has 0 spiro atoms. The quantitative estimate of drug-likeness (QED) is 0.521. The molecule has 56 valence electrons. The van der Waals surface area contributed by atoms with Gasteiger partial charge in [0, 0.05) is 12.4 Å². The minimum Gasteiger partial charge on any atom is -0.272 e. The first-order valence-electron chi connectivity index (χ1n) is 2.62. The molecule has 0 bridgehead atoms. The van der Waals surface area contributed by atoms with Gasteiger partial charge in [0.25, 0.3) is 0 Å². The van der Waals surface area contributed by atoms with Crippen LogP contribution in [-0.4, -0.2) is 32.8 Å². The zero-order chi connectivity index (χ0) is 7.61. The van der Waals surface area contributed by atoms with Crippen LogP contribution in [0.3, 0.4) is 0 Å². The molecule has 2 N–H and O–H groups in total. The molecule has 0 aromatic heterocycles. The van der Waals surface area contributed by atoms with Crippen molar-refractivity contribution in [3.05, 3.63) is 0 Å². The number of hydrogen-bond donors (Lipinski definition) is 1. The number of primary sulfonamides is 1. The van der Waals surface area contributed by atoms with Gasteiger partial charge in [0.2, 0.25) is 10.0 Å². The Balaban J connectivity index is 2.84. The van der Waals surface area contributed by atoms with Gasteiger partial charge in [-0.2, -0.15) is 0 Å². The number of hydrogen-bond acceptors (Lipinski definition) is 4. The molecule has 1 heterocycles. The predicted octanol–water partition coefficient (Wildman–Crippen LogP) is -1.24. The van der Waals surface area contributed by atoms with Gasteiger partial charge in [-0.05, 0) is 0 Å². The van der Waals surface area contributed by atoms with Gasteiger partial charge in [0.05, 0.1) is 0 Å². The molecule has 0 aromatic rings. The monoisotopic (exact) mass is 161 g/mol. The zero-order valence-corrected chi connectivity index (χ0v) is 5.95. The van der Waals surface area contributed by atoms with Crippen molar-refractivity contribution in [2.75, 3.05) is 6.67 Å². The Morgan fingerprint density at radius 2 is 1.90 bits per heavy atom. The number of nitrogens with two attached hydrogens (primary N) is 1. The second kappa shape index (κ2) is 2.47. The third-order valence-corrected chi connectivity index (χ3v) is 2.05. The molecule has 0 unspecified atom stereocenters. The van der Waals surface area contributed by atoms with E-state index in [1.807, 2.05) is 0 Å². The summed E-state index contributed by atoms with van der Waals surface area (Å²) < 4.78 is 21.2. The summed E-state index contributed by atoms with van der Waals surface area (Å²) in [7, 11) is -3.52. The lowest BCUT2D eigenvalue weighted by molar-refractivity contribution is 0.599. The summed E-state index contributed by atoms with van der Waals surface area (Å²) in [6, 6.07) is 0. The second-order valence-electron chi connectivity index (χ2n) is 1.86. The van der Waals surface area contributed by atoms with Crippen molar-refractivity contribution in [3.8, 4) is 0 Å². The third-order valence-electron chi connectivity index (χ3n) is 1.05. The molecular weight excluding hydrogens is 154 g/mol. The molecule has 0 aliphatic carbocycles. The van der Waals surface area contributed by atoms with Crippen molar-refractivity contribution in [2.24, 2.45) is 15.1 Å². The maximum atomic E-state index is 10.6. The average Bonchev–Trinajstić information content (AvgIpc) is 1.88. The highest BCUT2D eigenvalue weighted by molar-refractivity contribution is 7.91. The van der Waals surface area contributed by atoms with Crippen molar-refractivity contribution < 1.29 is 8.42 Å². The van der Waals surface area contributed by atoms with Gasteiger partial charge in [0.1, 0.15) is 11.9 Å². The molecule has 0 atom stereocenters. The maximum Gasteiger partial charge on any atom is 0.222 e. The fourth-order valence-corrected chi connectivity index (χ4v) is 1.07. The van der Waals surface area contributed by atoms with Crippen molar-refractivity contribution in [1.82, 2.24) is 0 Å². The number of rotatable bonds is 1. The first-order chi connectivity index (χ1) is 4.61. The lowest BCUT2D eigenvalue weighted by atomic mass is 10.5. The van der Waals surface area contributed by atoms with Gasteiger partial charge in [-0.1, -0.05) is 0 Å². The second-order valence-corrected chi connectivity index (χ2v) is 3.58. The van der Waals surface area contributed by atoms with Crippen molar-refractivity contribution in [2.45, 2.75) is 5.25 Å². The van der Waals surface area contributed by atoms with Crippen molar-refractivity contribution in [1.29, 1.82) is 0 Å². The third kappa shape index (κ3) is 1.61. The maximum absolute atomic E-state index is 10.6. The summed E-state index contributed by atoms with van der Waals surface area (Å²) in [6.07, 6.45) is 2.56. The molecule has 1 rings (SSSR count). The molecule has 0 amide bonds. The van der Waals surface area contributed by atoms with E-state index >= 15 is 0 Å². The fourth-order valence-electron chi connectivity index (χ4n) is 0.557. The Hall–Kier alpha value is -0.750. The van der Waals surface area contributed by atoms with Gasteiger partial charge >= 0.3 is 0 Å². The van der Waals surface area contributed by atoms with Crippen LogP contribution in [0.15, 0.2) is 9.98 Å². The van der Waals surface area contributed by atoms with Crippen LogP contribution in [0.4, 0.5) is 0 Å². The SMILES string of the molecule is NS(=O)(=O)C1C=NCN=C1. The smallest absolute Gasteiger partial charge is 0.222 e. The van der Waals surface area contributed by atoms with Crippen LogP contribution in [0.1, 0.15) is 0 Å². The van der Waals surface area contributed by atoms with E-state index in [4.69, 9.17) is 5.14 Å². The van der Waals surface area contributed by atoms with E-state index in [0.29, 0.717) is 6.67 Å². The lowest BCUT2D eigenvalue weighted by Crippen LogP contribution is -2.32. The Labute approximate surface area is 58.7 Å². The number of nitrogens with zero attached hydrogens (tertiary/aromatic N) is 2. The van der Waals surface area contributed by atoms with Gasteiger partial charge in [0.15, 0.2) is 0 Å². The van der Waals surface area contributed by atoms with E-state index in [1.165, 1.54) is 12.4 Å². The molecule has 0 radical (unpaired) electrons. The highest BCUT2D eigenvalue weighted by Gasteiger charge is 2.17. The van der Waals surface area contributed by atoms with E-state index < -0.39 is 15.3 Å². The number of aliphatic imine (C=N–C) groups is 2. The molecule has 1 aliphatic rings. The van der Waals surface area contributed by atoms with Crippen molar-refractivity contribution in [3.63, 3.8) is 0 Å². The fraction of sp³-hybridized carbons (Fsp3) is 0.500. The normalized spacial score (nSPS) is 19.7. The molecule has 0 fully saturated rings. The van der Waals surface area contributed by atoms with E-state index in [0.717, 1.165) is 0 Å². The Bertz CT molecular complexity index is 254. The van der Waals surface area contributed by atoms with Gasteiger partial charge in [-0.25, -0.2) is 13.6 Å². The summed E-state index contributed by atoms with van der Waals surface area (Å²) in [5.41, 5.74) is 0. The Morgan fingerprint density at radius 3 is 2.20 bits per heavy atom. The van der Waals surface area contributed by atoms with Crippen LogP contribution in [-0.2, 0) is 10.0 Å². The van der Waals surface area contributed by atoms with Crippen LogP contribution in [0.25, 0.3) is 0 Å². The Kier molecular flexibility index (Phi) is 1.82. The van der Waals surface area contributed by atoms with E-state index in [9.17, 15) is 8.42 Å². The van der Waals surface area contributed by atoms with Crippen LogP contribution < -0.4 is 5.14 Å². The molecule has 5 nitrogen and oxygen atoms in total. The number of sulfonamides is 1. The van der Waals surface area contributed by atoms with Gasteiger partial charge < -0.3 is 0 Å². The summed E-state index contributed by atoms with van der Waals surface area (Å²) in [4.78, 5) is 7.29. The zero-order valence-electron chi connectivity index (χ0n) is 5.14. The molecule has 1 aliphatic heterocycles. The van der Waals surface area contributed by atoms with E-state index in [-0.39, 0.29) is 0 Å². The molecule has 6 heteroatoms. The van der Waals surface area contributed by atoms with Gasteiger partial charge in [-0.15, -0.1) is 0 Å². The highest BCUT2D eigenvalue weighted by atomic mass is 32.2. The molecule has 0 saturated carbocycles. The first-order valence-corrected chi connectivity index (χ1v) is 4.23. The molecular formula is C4H7N3O2S. The summed E-state index contributed by atoms with van der Waals surface area (Å²) in [5.74, 6) is 0. The predicted molar refractivity (Wildman–Crippen MR) is 38.7 cm³/mol. The van der Waals surface area contributed by atoms with Crippen molar-refractivity contribution >= 4 is 22.5 Å². The lowest BCUT2D eigenvalue weighted by Gasteiger charge is -2.05. The molecule has 0 saturated heterocycles. The minimum atomic E-state index is -3.52. The van der Waals surface area contributed by atoms with E-state index in [2.05, 4.69) is 9.98 Å². The summed E-state index contributed by atoms with van der Waals surface area (Å²) in [6.45, 7) is 0.298. The van der Waals surface area contributed by atoms with E-state index in [1.54, 1.807) is 0 Å². The summed E-state index contributed by atoms with van der Waals surface area (Å²) in [5, 5.41) is 3.97. The summed E-state index contributed by atoms with van der Waals surface area (Å²) >= 11 is 0. The van der Waals surface area contributed by atoms with Crippen LogP contribution in [0.2, 0.25) is 0 Å². The van der Waals surface area contributed by atoms with Crippen LogP contribution >= 0.6 is 0 Å². The Morgan fingerprint density at radius 1 is 1.40 bits per heavy atom. The highest BCUT2D eigenvalue weighted by Crippen LogP contribution is 1.93. The standard InChI is InChI=1S/C4H7N3O2S/c5-10(8,9)4-1-6-3-7-2-4/h1-2,4H,3H2,(H2,5,8,9). The average molecular weight is 161 g/mol. The minimum absolute atomic E-state index is 0.298. The van der Waals surface area contributed by atoms with Gasteiger partial charge in [-0.3, -0.25) is 9.98 Å². The topological polar surface area (TPSA) is 84.9 Å².